The molecule has 260 valence electrons. The fraction of sp³-hybridized carbons (Fsp3) is 0.564. The van der Waals surface area contributed by atoms with Crippen molar-refractivity contribution in [2.45, 2.75) is 89.4 Å². The topological polar surface area (TPSA) is 84.9 Å². The third-order valence-corrected chi connectivity index (χ3v) is 13.7. The van der Waals surface area contributed by atoms with Crippen LogP contribution in [0.1, 0.15) is 87.7 Å². The van der Waals surface area contributed by atoms with Crippen LogP contribution in [0.2, 0.25) is 5.02 Å². The van der Waals surface area contributed by atoms with Crippen molar-refractivity contribution in [1.82, 2.24) is 4.72 Å². The van der Waals surface area contributed by atoms with E-state index in [4.69, 9.17) is 21.1 Å². The van der Waals surface area contributed by atoms with Gasteiger partial charge in [0.2, 0.25) is 0 Å². The van der Waals surface area contributed by atoms with Crippen molar-refractivity contribution in [1.29, 1.82) is 0 Å². The lowest BCUT2D eigenvalue weighted by Gasteiger charge is -2.46. The first-order valence-electron chi connectivity index (χ1n) is 17.6. The summed E-state index contributed by atoms with van der Waals surface area (Å²) < 4.78 is 29.7. The van der Waals surface area contributed by atoms with Gasteiger partial charge in [-0.1, -0.05) is 50.6 Å². The van der Waals surface area contributed by atoms with E-state index in [1.807, 2.05) is 32.0 Å². The summed E-state index contributed by atoms with van der Waals surface area (Å²) in [6.45, 7) is 10.2. The van der Waals surface area contributed by atoms with Crippen molar-refractivity contribution >= 4 is 44.6 Å². The molecule has 1 spiro atoms. The van der Waals surface area contributed by atoms with Gasteiger partial charge in [0.1, 0.15) is 12.4 Å². The molecule has 1 amide bonds. The van der Waals surface area contributed by atoms with E-state index in [2.05, 4.69) is 53.6 Å². The summed E-state index contributed by atoms with van der Waals surface area (Å²) in [5.41, 5.74) is 3.63. The van der Waals surface area contributed by atoms with Crippen molar-refractivity contribution in [2.75, 3.05) is 31.2 Å². The number of allylic oxidation sites excluding steroid dienone is 1. The minimum atomic E-state index is -2.96. The number of carbonyl (C=O) groups excluding carboxylic acids is 2. The molecule has 0 saturated heterocycles. The maximum absolute atomic E-state index is 13.8. The molecule has 1 fully saturated rings. The van der Waals surface area contributed by atoms with Crippen molar-refractivity contribution in [3.63, 3.8) is 0 Å². The maximum atomic E-state index is 13.8. The standard InChI is InChI=1S/C39H51ClN2O5S/c1-25(2)18-32(43)22-46-36-10-6-8-26(3)27(4)48(5,45)41-38(44)29-12-16-37-35(20-29)42(21-30-11-14-33(30)36)23-39(24-47-37)17-7-9-28-19-31(40)13-15-34(28)39/h6,10,12-13,15-16,19-20,25-27,30,33,36H,5,7-9,11,14,17-18,21-24H2,1-4H3,(H,41,44,45)/b10-6+/t26-,27+,30-,33+,36-,39-,48?/m0/s1. The number of hydrogen-bond acceptors (Lipinski definition) is 6. The molecule has 4 aliphatic rings. The van der Waals surface area contributed by atoms with Crippen molar-refractivity contribution in [3.8, 4) is 5.75 Å². The van der Waals surface area contributed by atoms with Gasteiger partial charge >= 0.3 is 0 Å². The molecule has 1 saturated carbocycles. The number of halogens is 1. The van der Waals surface area contributed by atoms with Gasteiger partial charge < -0.3 is 14.4 Å². The Hall–Kier alpha value is -2.81. The first-order chi connectivity index (χ1) is 22.8. The smallest absolute Gasteiger partial charge is 0.262 e. The molecule has 2 bridgehead atoms. The minimum Gasteiger partial charge on any atom is -0.490 e. The highest BCUT2D eigenvalue weighted by Gasteiger charge is 2.44. The van der Waals surface area contributed by atoms with Gasteiger partial charge in [-0.3, -0.25) is 14.3 Å². The van der Waals surface area contributed by atoms with Crippen molar-refractivity contribution < 1.29 is 23.3 Å². The van der Waals surface area contributed by atoms with Crippen LogP contribution in [0.15, 0.2) is 48.6 Å². The third kappa shape index (κ3) is 7.36. The van der Waals surface area contributed by atoms with Gasteiger partial charge in [0.25, 0.3) is 5.91 Å². The van der Waals surface area contributed by atoms with Gasteiger partial charge in [-0.2, -0.15) is 0 Å². The SMILES string of the molecule is C=S1(=O)NC(=O)c2ccc3c(c2)N(C[C@@H]2CC[C@H]2[C@@H](OCC(=O)CC(C)C)/C=C/C[C@H](C)[C@H]1C)C[C@@]1(CCCc2cc(Cl)ccc21)CO3. The van der Waals surface area contributed by atoms with E-state index in [0.29, 0.717) is 30.9 Å². The molecule has 0 aromatic heterocycles. The number of nitrogens with one attached hydrogen (secondary N) is 1. The zero-order chi connectivity index (χ0) is 34.2. The van der Waals surface area contributed by atoms with Gasteiger partial charge in [0.05, 0.1) is 28.1 Å². The van der Waals surface area contributed by atoms with E-state index in [1.54, 1.807) is 6.07 Å². The Morgan fingerprint density at radius 1 is 1.21 bits per heavy atom. The predicted molar refractivity (Wildman–Crippen MR) is 196 cm³/mol. The number of fused-ring (bicyclic) bond motifs is 4. The zero-order valence-corrected chi connectivity index (χ0v) is 30.4. The molecular formula is C39H51ClN2O5S. The second-order valence-corrected chi connectivity index (χ2v) is 18.0. The zero-order valence-electron chi connectivity index (χ0n) is 28.8. The number of aryl methyl sites for hydroxylation is 1. The molecular weight excluding hydrogens is 644 g/mol. The van der Waals surface area contributed by atoms with Crippen LogP contribution in [0.3, 0.4) is 0 Å². The summed E-state index contributed by atoms with van der Waals surface area (Å²) in [6, 6.07) is 11.8. The normalized spacial score (nSPS) is 32.7. The molecule has 2 aliphatic carbocycles. The molecule has 1 unspecified atom stereocenters. The second-order valence-electron chi connectivity index (χ2n) is 15.2. The van der Waals surface area contributed by atoms with Crippen LogP contribution in [-0.4, -0.2) is 59.4 Å². The van der Waals surface area contributed by atoms with Gasteiger partial charge in [-0.25, -0.2) is 4.21 Å². The van der Waals surface area contributed by atoms with E-state index >= 15 is 0 Å². The lowest BCUT2D eigenvalue weighted by Crippen LogP contribution is -2.50. The molecule has 2 aliphatic heterocycles. The number of Topliss-reactive ketones (excluding diaryl/α,β-unsaturated/α-hetero) is 1. The van der Waals surface area contributed by atoms with E-state index < -0.39 is 15.6 Å². The van der Waals surface area contributed by atoms with Crippen LogP contribution < -0.4 is 14.4 Å². The fourth-order valence-electron chi connectivity index (χ4n) is 8.12. The molecule has 2 aromatic rings. The molecule has 2 aromatic carbocycles. The Kier molecular flexibility index (Phi) is 10.4. The summed E-state index contributed by atoms with van der Waals surface area (Å²) in [5, 5.41) is 0.390. The number of amides is 1. The fourth-order valence-corrected chi connectivity index (χ4v) is 9.79. The largest absolute Gasteiger partial charge is 0.490 e. The van der Waals surface area contributed by atoms with Gasteiger partial charge in [0, 0.05) is 40.8 Å². The molecule has 7 atom stereocenters. The number of benzene rings is 2. The average Bonchev–Trinajstić information content (AvgIpc) is 3.17. The number of ether oxygens (including phenoxy) is 2. The molecule has 0 radical (unpaired) electrons. The third-order valence-electron chi connectivity index (χ3n) is 11.2. The summed E-state index contributed by atoms with van der Waals surface area (Å²) in [7, 11) is -2.96. The first kappa shape index (κ1) is 35.0. The highest BCUT2D eigenvalue weighted by Crippen LogP contribution is 2.47. The van der Waals surface area contributed by atoms with Crippen LogP contribution in [0.5, 0.6) is 5.75 Å². The van der Waals surface area contributed by atoms with Crippen LogP contribution >= 0.6 is 11.6 Å². The maximum Gasteiger partial charge on any atom is 0.262 e. The summed E-state index contributed by atoms with van der Waals surface area (Å²) in [4.78, 5) is 28.8. The Balaban J connectivity index is 1.39. The number of anilines is 1. The average molecular weight is 695 g/mol. The molecule has 1 N–H and O–H groups in total. The van der Waals surface area contributed by atoms with E-state index in [0.717, 1.165) is 61.7 Å². The summed E-state index contributed by atoms with van der Waals surface area (Å²) in [6.07, 6.45) is 10.3. The number of hydrogen-bond donors (Lipinski definition) is 1. The molecule has 48 heavy (non-hydrogen) atoms. The number of ketones is 1. The minimum absolute atomic E-state index is 0.000227. The van der Waals surface area contributed by atoms with Crippen molar-refractivity contribution in [3.05, 3.63) is 70.3 Å². The van der Waals surface area contributed by atoms with Crippen LogP contribution in [0.25, 0.3) is 0 Å². The number of carbonyl (C=O) groups is 2. The van der Waals surface area contributed by atoms with Crippen LogP contribution in [0.4, 0.5) is 5.69 Å². The van der Waals surface area contributed by atoms with Crippen LogP contribution in [0, 0.1) is 23.7 Å². The predicted octanol–water partition coefficient (Wildman–Crippen LogP) is 7.19. The molecule has 2 heterocycles. The summed E-state index contributed by atoms with van der Waals surface area (Å²) in [5.74, 6) is 5.34. The Bertz CT molecular complexity index is 1670. The number of rotatable bonds is 5. The Morgan fingerprint density at radius 2 is 2.02 bits per heavy atom. The van der Waals surface area contributed by atoms with E-state index in [9.17, 15) is 13.8 Å². The lowest BCUT2D eigenvalue weighted by atomic mass is 9.68. The number of nitrogens with zero attached hydrogens (tertiary/aromatic N) is 1. The van der Waals surface area contributed by atoms with Gasteiger partial charge in [-0.05, 0) is 116 Å². The molecule has 9 heteroatoms. The van der Waals surface area contributed by atoms with Gasteiger partial charge in [0.15, 0.2) is 5.78 Å². The summed E-state index contributed by atoms with van der Waals surface area (Å²) >= 11 is 6.46. The molecule has 6 rings (SSSR count). The Morgan fingerprint density at radius 3 is 2.77 bits per heavy atom. The quantitative estimate of drug-likeness (QED) is 0.264. The Labute approximate surface area is 291 Å². The second kappa shape index (κ2) is 14.2. The monoisotopic (exact) mass is 694 g/mol. The first-order valence-corrected chi connectivity index (χ1v) is 19.8. The highest BCUT2D eigenvalue weighted by molar-refractivity contribution is 7.99. The molecule has 7 nitrogen and oxygen atoms in total. The van der Waals surface area contributed by atoms with E-state index in [-0.39, 0.29) is 46.9 Å². The van der Waals surface area contributed by atoms with E-state index in [1.165, 1.54) is 11.1 Å². The van der Waals surface area contributed by atoms with Crippen molar-refractivity contribution in [2.24, 2.45) is 23.7 Å². The lowest BCUT2D eigenvalue weighted by molar-refractivity contribution is -0.127. The van der Waals surface area contributed by atoms with Gasteiger partial charge in [-0.15, -0.1) is 0 Å². The highest BCUT2D eigenvalue weighted by atomic mass is 35.5. The van der Waals surface area contributed by atoms with Crippen LogP contribution in [-0.2, 0) is 31.1 Å².